The Hall–Kier alpha value is -3.42. The van der Waals surface area contributed by atoms with Gasteiger partial charge in [0.05, 0.1) is 12.4 Å². The molecule has 8 nitrogen and oxygen atoms in total. The quantitative estimate of drug-likeness (QED) is 0.514. The van der Waals surface area contributed by atoms with E-state index in [1.807, 2.05) is 55.2 Å². The molecule has 0 fully saturated rings. The lowest BCUT2D eigenvalue weighted by Gasteiger charge is -2.11. The molecule has 3 aromatic heterocycles. The summed E-state index contributed by atoms with van der Waals surface area (Å²) < 4.78 is 11.0. The van der Waals surface area contributed by atoms with Crippen LogP contribution in [0.1, 0.15) is 39.8 Å². The zero-order valence-electron chi connectivity index (χ0n) is 17.2. The van der Waals surface area contributed by atoms with Crippen molar-refractivity contribution in [2.75, 3.05) is 0 Å². The van der Waals surface area contributed by atoms with Crippen molar-refractivity contribution in [3.8, 4) is 22.9 Å². The first-order valence-corrected chi connectivity index (χ1v) is 9.62. The second kappa shape index (κ2) is 7.20. The molecule has 0 spiro atoms. The second-order valence-corrected chi connectivity index (χ2v) is 7.61. The van der Waals surface area contributed by atoms with Crippen LogP contribution in [-0.2, 0) is 7.05 Å². The molecule has 0 unspecified atom stereocenters. The van der Waals surface area contributed by atoms with Crippen LogP contribution in [0.2, 0.25) is 0 Å². The van der Waals surface area contributed by atoms with Crippen LogP contribution < -0.4 is 10.3 Å². The van der Waals surface area contributed by atoms with Gasteiger partial charge in [-0.15, -0.1) is 0 Å². The van der Waals surface area contributed by atoms with Crippen LogP contribution in [-0.4, -0.2) is 29.1 Å². The third-order valence-electron chi connectivity index (χ3n) is 4.81. The minimum Gasteiger partial charge on any atom is -0.425 e. The summed E-state index contributed by atoms with van der Waals surface area (Å²) in [4.78, 5) is 17.2. The fourth-order valence-electron chi connectivity index (χ4n) is 3.11. The van der Waals surface area contributed by atoms with Crippen molar-refractivity contribution >= 4 is 11.0 Å². The normalized spacial score (nSPS) is 11.7. The van der Waals surface area contributed by atoms with Gasteiger partial charge in [-0.05, 0) is 45.4 Å². The molecular weight excluding hydrogens is 368 g/mol. The number of hydrogen-bond acceptors (Lipinski definition) is 5. The van der Waals surface area contributed by atoms with Crippen LogP contribution in [0.15, 0.2) is 47.7 Å². The summed E-state index contributed by atoms with van der Waals surface area (Å²) in [6.45, 7) is 8.17. The zero-order chi connectivity index (χ0) is 20.7. The number of ether oxygens (including phenoxy) is 1. The number of benzene rings is 1. The van der Waals surface area contributed by atoms with E-state index < -0.39 is 0 Å². The van der Waals surface area contributed by atoms with Gasteiger partial charge in [0.1, 0.15) is 11.1 Å². The van der Waals surface area contributed by atoms with E-state index in [0.717, 1.165) is 11.1 Å². The Balaban J connectivity index is 1.65. The molecular formula is C21H24N6O2. The van der Waals surface area contributed by atoms with Crippen LogP contribution in [0.5, 0.6) is 11.8 Å². The Labute approximate surface area is 168 Å². The van der Waals surface area contributed by atoms with E-state index in [9.17, 15) is 4.79 Å². The second-order valence-electron chi connectivity index (χ2n) is 7.61. The number of fused-ring (bicyclic) bond motifs is 1. The maximum atomic E-state index is 12.7. The summed E-state index contributed by atoms with van der Waals surface area (Å²) in [7, 11) is 1.64. The van der Waals surface area contributed by atoms with E-state index in [4.69, 9.17) is 4.74 Å². The van der Waals surface area contributed by atoms with Crippen molar-refractivity contribution in [2.24, 2.45) is 7.05 Å². The average molecular weight is 392 g/mol. The van der Waals surface area contributed by atoms with Gasteiger partial charge in [0, 0.05) is 30.9 Å². The molecule has 0 aliphatic heterocycles. The highest BCUT2D eigenvalue weighted by Crippen LogP contribution is 2.26. The monoisotopic (exact) mass is 392 g/mol. The Morgan fingerprint density at radius 2 is 1.66 bits per heavy atom. The first-order valence-electron chi connectivity index (χ1n) is 9.62. The van der Waals surface area contributed by atoms with Crippen molar-refractivity contribution in [1.82, 2.24) is 29.1 Å². The highest BCUT2D eigenvalue weighted by Gasteiger charge is 2.16. The summed E-state index contributed by atoms with van der Waals surface area (Å²) in [5.74, 6) is 0.600. The minimum absolute atomic E-state index is 0.0889. The van der Waals surface area contributed by atoms with Crippen molar-refractivity contribution in [3.63, 3.8) is 0 Å². The SMILES string of the molecule is CC(C)n1cc(-c2ccc(Oc3nc4c(cnn4C(C)C)c(=O)n3C)cc2)cn1. The Bertz CT molecular complexity index is 1210. The predicted molar refractivity (Wildman–Crippen MR) is 111 cm³/mol. The third-order valence-corrected chi connectivity index (χ3v) is 4.81. The van der Waals surface area contributed by atoms with Crippen LogP contribution >= 0.6 is 0 Å². The van der Waals surface area contributed by atoms with Crippen LogP contribution in [0, 0.1) is 0 Å². The van der Waals surface area contributed by atoms with Gasteiger partial charge in [-0.1, -0.05) is 12.1 Å². The van der Waals surface area contributed by atoms with Gasteiger partial charge in [0.15, 0.2) is 5.65 Å². The summed E-state index contributed by atoms with van der Waals surface area (Å²) in [5.41, 5.74) is 2.42. The van der Waals surface area contributed by atoms with Gasteiger partial charge in [-0.2, -0.15) is 15.2 Å². The summed E-state index contributed by atoms with van der Waals surface area (Å²) in [6.07, 6.45) is 5.43. The molecule has 0 N–H and O–H groups in total. The molecule has 0 amide bonds. The largest absolute Gasteiger partial charge is 0.425 e. The lowest BCUT2D eigenvalue weighted by Crippen LogP contribution is -2.20. The molecule has 4 aromatic rings. The van der Waals surface area contributed by atoms with Crippen molar-refractivity contribution in [1.29, 1.82) is 0 Å². The molecule has 8 heteroatoms. The van der Waals surface area contributed by atoms with E-state index >= 15 is 0 Å². The predicted octanol–water partition coefficient (Wildman–Crippen LogP) is 3.95. The minimum atomic E-state index is -0.186. The molecule has 0 aliphatic rings. The molecule has 0 atom stereocenters. The highest BCUT2D eigenvalue weighted by atomic mass is 16.5. The number of hydrogen-bond donors (Lipinski definition) is 0. The Kier molecular flexibility index (Phi) is 4.70. The fraction of sp³-hybridized carbons (Fsp3) is 0.333. The van der Waals surface area contributed by atoms with Gasteiger partial charge in [-0.3, -0.25) is 14.0 Å². The lowest BCUT2D eigenvalue weighted by molar-refractivity contribution is 0.413. The topological polar surface area (TPSA) is 79.8 Å². The van der Waals surface area contributed by atoms with E-state index in [1.165, 1.54) is 4.57 Å². The number of nitrogens with zero attached hydrogens (tertiary/aromatic N) is 6. The zero-order valence-corrected chi connectivity index (χ0v) is 17.2. The molecule has 0 radical (unpaired) electrons. The fourth-order valence-corrected chi connectivity index (χ4v) is 3.11. The van der Waals surface area contributed by atoms with Gasteiger partial charge >= 0.3 is 6.01 Å². The molecule has 29 heavy (non-hydrogen) atoms. The molecule has 0 aliphatic carbocycles. The van der Waals surface area contributed by atoms with E-state index in [2.05, 4.69) is 29.0 Å². The van der Waals surface area contributed by atoms with Crippen molar-refractivity contribution in [3.05, 3.63) is 53.2 Å². The first-order chi connectivity index (χ1) is 13.8. The Morgan fingerprint density at radius 1 is 0.931 bits per heavy atom. The molecule has 1 aromatic carbocycles. The number of rotatable bonds is 5. The van der Waals surface area contributed by atoms with E-state index in [-0.39, 0.29) is 17.6 Å². The van der Waals surface area contributed by atoms with Crippen LogP contribution in [0.25, 0.3) is 22.2 Å². The van der Waals surface area contributed by atoms with Crippen molar-refractivity contribution < 1.29 is 4.74 Å². The molecule has 0 saturated heterocycles. The number of aromatic nitrogens is 6. The standard InChI is InChI=1S/C21H24N6O2/c1-13(2)26-12-16(10-22-26)15-6-8-17(9-7-15)29-21-24-19-18(20(28)25(21)5)11-23-27(19)14(3)4/h6-14H,1-5H3. The maximum absolute atomic E-state index is 12.7. The third kappa shape index (κ3) is 3.41. The average Bonchev–Trinajstić information content (AvgIpc) is 3.34. The maximum Gasteiger partial charge on any atom is 0.306 e. The molecule has 0 bridgehead atoms. The van der Waals surface area contributed by atoms with Gasteiger partial charge < -0.3 is 4.74 Å². The van der Waals surface area contributed by atoms with Crippen LogP contribution in [0.4, 0.5) is 0 Å². The smallest absolute Gasteiger partial charge is 0.306 e. The van der Waals surface area contributed by atoms with Crippen molar-refractivity contribution in [2.45, 2.75) is 39.8 Å². The Morgan fingerprint density at radius 3 is 2.28 bits per heavy atom. The van der Waals surface area contributed by atoms with Gasteiger partial charge in [0.25, 0.3) is 5.56 Å². The van der Waals surface area contributed by atoms with Gasteiger partial charge in [0.2, 0.25) is 0 Å². The molecule has 150 valence electrons. The summed E-state index contributed by atoms with van der Waals surface area (Å²) in [6, 6.07) is 8.28. The lowest BCUT2D eigenvalue weighted by atomic mass is 10.1. The van der Waals surface area contributed by atoms with E-state index in [0.29, 0.717) is 22.8 Å². The highest BCUT2D eigenvalue weighted by molar-refractivity contribution is 5.73. The summed E-state index contributed by atoms with van der Waals surface area (Å²) in [5, 5.41) is 9.14. The summed E-state index contributed by atoms with van der Waals surface area (Å²) >= 11 is 0. The molecule has 3 heterocycles. The van der Waals surface area contributed by atoms with Crippen LogP contribution in [0.3, 0.4) is 0 Å². The molecule has 4 rings (SSSR count). The first kappa shape index (κ1) is 18.9. The molecule has 0 saturated carbocycles. The van der Waals surface area contributed by atoms with Gasteiger partial charge in [-0.25, -0.2) is 4.68 Å². The van der Waals surface area contributed by atoms with E-state index in [1.54, 1.807) is 17.9 Å².